The number of carbonyl (C=O) groups excluding carboxylic acids is 1. The van der Waals surface area contributed by atoms with Crippen LogP contribution in [0.2, 0.25) is 10.0 Å². The van der Waals surface area contributed by atoms with Crippen LogP contribution in [0.15, 0.2) is 48.7 Å². The smallest absolute Gasteiger partial charge is 0.273 e. The number of nitrogens with one attached hydrogen (secondary N) is 1. The van der Waals surface area contributed by atoms with Gasteiger partial charge in [-0.25, -0.2) is 4.52 Å². The summed E-state index contributed by atoms with van der Waals surface area (Å²) in [4.78, 5) is 12.2. The Labute approximate surface area is 131 Å². The topological polar surface area (TPSA) is 46.4 Å². The summed E-state index contributed by atoms with van der Waals surface area (Å²) in [6, 6.07) is 12.7. The average molecular weight is 320 g/mol. The molecule has 0 fully saturated rings. The highest BCUT2D eigenvalue weighted by atomic mass is 35.5. The van der Waals surface area contributed by atoms with E-state index in [1.807, 2.05) is 30.3 Å². The molecule has 4 nitrogen and oxygen atoms in total. The van der Waals surface area contributed by atoms with Crippen LogP contribution >= 0.6 is 23.2 Å². The van der Waals surface area contributed by atoms with Crippen molar-refractivity contribution >= 4 is 34.6 Å². The molecule has 6 heteroatoms. The number of nitrogens with zero attached hydrogens (tertiary/aromatic N) is 2. The Morgan fingerprint density at radius 3 is 2.62 bits per heavy atom. The van der Waals surface area contributed by atoms with Crippen LogP contribution in [0, 0.1) is 0 Å². The van der Waals surface area contributed by atoms with E-state index in [0.717, 1.165) is 5.56 Å². The number of benzene rings is 1. The molecule has 0 saturated carbocycles. The molecule has 21 heavy (non-hydrogen) atoms. The molecule has 0 aliphatic carbocycles. The van der Waals surface area contributed by atoms with Crippen molar-refractivity contribution in [2.45, 2.75) is 6.54 Å². The number of aromatic nitrogens is 2. The van der Waals surface area contributed by atoms with Gasteiger partial charge in [0, 0.05) is 17.8 Å². The van der Waals surface area contributed by atoms with Gasteiger partial charge in [-0.1, -0.05) is 41.4 Å². The third kappa shape index (κ3) is 2.86. The SMILES string of the molecule is O=C(NCc1ccc(Cl)cc1)c1nn2ccccc2c1Cl. The second-order valence-electron chi connectivity index (χ2n) is 4.50. The number of amides is 1. The largest absolute Gasteiger partial charge is 0.347 e. The molecule has 0 saturated heterocycles. The quantitative estimate of drug-likeness (QED) is 0.802. The summed E-state index contributed by atoms with van der Waals surface area (Å²) in [5, 5.41) is 8.00. The highest BCUT2D eigenvalue weighted by molar-refractivity contribution is 6.36. The Morgan fingerprint density at radius 1 is 1.14 bits per heavy atom. The van der Waals surface area contributed by atoms with E-state index in [1.54, 1.807) is 22.8 Å². The Hall–Kier alpha value is -2.04. The van der Waals surface area contributed by atoms with Gasteiger partial charge in [-0.05, 0) is 29.8 Å². The molecule has 0 bridgehead atoms. The van der Waals surface area contributed by atoms with Gasteiger partial charge in [0.25, 0.3) is 5.91 Å². The van der Waals surface area contributed by atoms with E-state index in [9.17, 15) is 4.79 Å². The maximum atomic E-state index is 12.2. The van der Waals surface area contributed by atoms with Gasteiger partial charge < -0.3 is 5.32 Å². The minimum atomic E-state index is -0.307. The van der Waals surface area contributed by atoms with E-state index < -0.39 is 0 Å². The molecule has 2 aromatic heterocycles. The van der Waals surface area contributed by atoms with Crippen molar-refractivity contribution in [3.05, 3.63) is 70.0 Å². The van der Waals surface area contributed by atoms with E-state index >= 15 is 0 Å². The number of pyridine rings is 1. The van der Waals surface area contributed by atoms with Crippen LogP contribution in [-0.2, 0) is 6.54 Å². The van der Waals surface area contributed by atoms with Crippen molar-refractivity contribution in [2.75, 3.05) is 0 Å². The van der Waals surface area contributed by atoms with Crippen LogP contribution in [0.1, 0.15) is 16.1 Å². The standard InChI is InChI=1S/C15H11Cl2N3O/c16-11-6-4-10(5-7-11)9-18-15(21)14-13(17)12-3-1-2-8-20(12)19-14/h1-8H,9H2,(H,18,21). The summed E-state index contributed by atoms with van der Waals surface area (Å²) >= 11 is 12.0. The normalized spacial score (nSPS) is 10.8. The number of hydrogen-bond donors (Lipinski definition) is 1. The van der Waals surface area contributed by atoms with Crippen LogP contribution in [0.25, 0.3) is 5.52 Å². The van der Waals surface area contributed by atoms with Crippen molar-refractivity contribution in [1.82, 2.24) is 14.9 Å². The molecule has 3 aromatic rings. The molecule has 0 radical (unpaired) electrons. The summed E-state index contributed by atoms with van der Waals surface area (Å²) in [5.41, 5.74) is 1.88. The van der Waals surface area contributed by atoms with Crippen LogP contribution in [-0.4, -0.2) is 15.5 Å². The molecular formula is C15H11Cl2N3O. The Balaban J connectivity index is 1.78. The van der Waals surface area contributed by atoms with Crippen molar-refractivity contribution in [1.29, 1.82) is 0 Å². The predicted octanol–water partition coefficient (Wildman–Crippen LogP) is 3.57. The number of halogens is 2. The molecule has 0 atom stereocenters. The van der Waals surface area contributed by atoms with Crippen LogP contribution < -0.4 is 5.32 Å². The fraction of sp³-hybridized carbons (Fsp3) is 0.0667. The number of rotatable bonds is 3. The van der Waals surface area contributed by atoms with Gasteiger partial charge in [0.05, 0.1) is 10.5 Å². The third-order valence-electron chi connectivity index (χ3n) is 3.06. The van der Waals surface area contributed by atoms with Crippen molar-refractivity contribution in [2.24, 2.45) is 0 Å². The Kier molecular flexibility index (Phi) is 3.82. The van der Waals surface area contributed by atoms with Gasteiger partial charge in [0.1, 0.15) is 0 Å². The van der Waals surface area contributed by atoms with Crippen molar-refractivity contribution in [3.63, 3.8) is 0 Å². The molecule has 0 unspecified atom stereocenters. The molecule has 3 rings (SSSR count). The highest BCUT2D eigenvalue weighted by Gasteiger charge is 2.17. The van der Waals surface area contributed by atoms with Gasteiger partial charge in [0.15, 0.2) is 5.69 Å². The first kappa shape index (κ1) is 13.9. The lowest BCUT2D eigenvalue weighted by Crippen LogP contribution is -2.23. The maximum Gasteiger partial charge on any atom is 0.273 e. The zero-order chi connectivity index (χ0) is 14.8. The summed E-state index contributed by atoms with van der Waals surface area (Å²) in [6.45, 7) is 0.389. The monoisotopic (exact) mass is 319 g/mol. The average Bonchev–Trinajstić information content (AvgIpc) is 2.84. The first-order valence-corrected chi connectivity index (χ1v) is 7.06. The number of carbonyl (C=O) groups is 1. The summed E-state index contributed by atoms with van der Waals surface area (Å²) < 4.78 is 1.58. The minimum absolute atomic E-state index is 0.219. The summed E-state index contributed by atoms with van der Waals surface area (Å²) in [5.74, 6) is -0.307. The molecule has 0 aliphatic heterocycles. The second-order valence-corrected chi connectivity index (χ2v) is 5.32. The first-order chi connectivity index (χ1) is 10.1. The zero-order valence-corrected chi connectivity index (χ0v) is 12.4. The van der Waals surface area contributed by atoms with E-state index in [1.165, 1.54) is 0 Å². The van der Waals surface area contributed by atoms with Gasteiger partial charge in [0.2, 0.25) is 0 Å². The summed E-state index contributed by atoms with van der Waals surface area (Å²) in [7, 11) is 0. The molecule has 0 aliphatic rings. The van der Waals surface area contributed by atoms with Gasteiger partial charge in [-0.2, -0.15) is 5.10 Å². The van der Waals surface area contributed by atoms with E-state index in [0.29, 0.717) is 22.1 Å². The second kappa shape index (κ2) is 5.76. The van der Waals surface area contributed by atoms with E-state index in [4.69, 9.17) is 23.2 Å². The zero-order valence-electron chi connectivity index (χ0n) is 10.9. The van der Waals surface area contributed by atoms with Gasteiger partial charge >= 0.3 is 0 Å². The number of hydrogen-bond acceptors (Lipinski definition) is 2. The lowest BCUT2D eigenvalue weighted by Gasteiger charge is -2.03. The molecule has 1 N–H and O–H groups in total. The van der Waals surface area contributed by atoms with Crippen LogP contribution in [0.3, 0.4) is 0 Å². The molecular weight excluding hydrogens is 309 g/mol. The molecule has 106 valence electrons. The minimum Gasteiger partial charge on any atom is -0.347 e. The highest BCUT2D eigenvalue weighted by Crippen LogP contribution is 2.21. The Bertz CT molecular complexity index is 796. The lowest BCUT2D eigenvalue weighted by atomic mass is 10.2. The first-order valence-electron chi connectivity index (χ1n) is 6.30. The van der Waals surface area contributed by atoms with Crippen LogP contribution in [0.5, 0.6) is 0 Å². The van der Waals surface area contributed by atoms with Crippen LogP contribution in [0.4, 0.5) is 0 Å². The predicted molar refractivity (Wildman–Crippen MR) is 82.8 cm³/mol. The van der Waals surface area contributed by atoms with E-state index in [-0.39, 0.29) is 11.6 Å². The lowest BCUT2D eigenvalue weighted by molar-refractivity contribution is 0.0945. The molecule has 2 heterocycles. The number of fused-ring (bicyclic) bond motifs is 1. The van der Waals surface area contributed by atoms with E-state index in [2.05, 4.69) is 10.4 Å². The summed E-state index contributed by atoms with van der Waals surface area (Å²) in [6.07, 6.45) is 1.75. The third-order valence-corrected chi connectivity index (χ3v) is 3.69. The fourth-order valence-electron chi connectivity index (χ4n) is 1.98. The maximum absolute atomic E-state index is 12.2. The Morgan fingerprint density at radius 2 is 1.90 bits per heavy atom. The van der Waals surface area contributed by atoms with Gasteiger partial charge in [-0.15, -0.1) is 0 Å². The van der Waals surface area contributed by atoms with Crippen molar-refractivity contribution < 1.29 is 4.79 Å². The molecule has 1 amide bonds. The molecule has 0 spiro atoms. The molecule has 1 aromatic carbocycles. The van der Waals surface area contributed by atoms with Gasteiger partial charge in [-0.3, -0.25) is 4.79 Å². The fourth-order valence-corrected chi connectivity index (χ4v) is 2.38. The van der Waals surface area contributed by atoms with Crippen molar-refractivity contribution in [3.8, 4) is 0 Å².